The number of pyridine rings is 1. The molecule has 0 fully saturated rings. The van der Waals surface area contributed by atoms with Crippen LogP contribution in [0.2, 0.25) is 10.0 Å². The van der Waals surface area contributed by atoms with E-state index in [-0.39, 0.29) is 18.0 Å². The molecule has 0 atom stereocenters. The molecule has 2 aromatic rings. The molecule has 0 unspecified atom stereocenters. The fourth-order valence-electron chi connectivity index (χ4n) is 1.51. The Labute approximate surface area is 119 Å². The van der Waals surface area contributed by atoms with Crippen molar-refractivity contribution >= 4 is 34.8 Å². The smallest absolute Gasteiger partial charge is 0.228 e. The zero-order valence-electron chi connectivity index (χ0n) is 9.66. The molecule has 0 aliphatic rings. The fraction of sp³-hybridized carbons (Fsp3) is 0.0769. The number of anilines is 1. The number of nitrogens with zero attached hydrogens (tertiary/aromatic N) is 1. The molecular weight excluding hydrogens is 290 g/mol. The molecule has 0 saturated carbocycles. The minimum Gasteiger partial charge on any atom is -0.323 e. The summed E-state index contributed by atoms with van der Waals surface area (Å²) in [4.78, 5) is 15.4. The monoisotopic (exact) mass is 298 g/mol. The first kappa shape index (κ1) is 13.8. The Balaban J connectivity index is 2.08. The van der Waals surface area contributed by atoms with Gasteiger partial charge in [0.1, 0.15) is 0 Å². The highest BCUT2D eigenvalue weighted by Crippen LogP contribution is 2.22. The Hall–Kier alpha value is -1.65. The van der Waals surface area contributed by atoms with E-state index in [1.54, 1.807) is 18.2 Å². The Bertz CT molecular complexity index is 619. The van der Waals surface area contributed by atoms with Crippen LogP contribution in [0.15, 0.2) is 36.7 Å². The molecule has 0 saturated heterocycles. The fourth-order valence-corrected chi connectivity index (χ4v) is 1.98. The van der Waals surface area contributed by atoms with Crippen molar-refractivity contribution in [3.63, 3.8) is 0 Å². The third kappa shape index (κ3) is 3.66. The first-order valence-corrected chi connectivity index (χ1v) is 6.15. The first-order valence-electron chi connectivity index (χ1n) is 5.39. The van der Waals surface area contributed by atoms with Gasteiger partial charge in [-0.1, -0.05) is 29.3 Å². The highest BCUT2D eigenvalue weighted by Gasteiger charge is 2.10. The lowest BCUT2D eigenvalue weighted by Crippen LogP contribution is -2.15. The van der Waals surface area contributed by atoms with Crippen molar-refractivity contribution in [2.45, 2.75) is 6.42 Å². The average molecular weight is 299 g/mol. The molecule has 0 aliphatic carbocycles. The summed E-state index contributed by atoms with van der Waals surface area (Å²) in [6.45, 7) is 0. The number of carbonyl (C=O) groups excluding carboxylic acids is 1. The molecule has 0 bridgehead atoms. The Morgan fingerprint density at radius 2 is 2.11 bits per heavy atom. The van der Waals surface area contributed by atoms with Gasteiger partial charge in [-0.2, -0.15) is 0 Å². The van der Waals surface area contributed by atoms with Crippen LogP contribution >= 0.6 is 23.2 Å². The number of halogens is 3. The van der Waals surface area contributed by atoms with Gasteiger partial charge in [0.25, 0.3) is 0 Å². The van der Waals surface area contributed by atoms with Gasteiger partial charge in [0, 0.05) is 16.2 Å². The van der Waals surface area contributed by atoms with E-state index in [0.717, 1.165) is 6.20 Å². The number of rotatable bonds is 3. The Kier molecular flexibility index (Phi) is 4.35. The van der Waals surface area contributed by atoms with Gasteiger partial charge in [-0.3, -0.25) is 9.78 Å². The summed E-state index contributed by atoms with van der Waals surface area (Å²) < 4.78 is 13.3. The standard InChI is InChI=1S/C13H9Cl2FN2O/c14-9-2-1-8(10(15)6-9)5-13(19)18-12-3-4-17-7-11(12)16/h1-4,6-7H,5H2,(H,17,18,19). The van der Waals surface area contributed by atoms with Crippen molar-refractivity contribution in [1.82, 2.24) is 4.98 Å². The average Bonchev–Trinajstić information content (AvgIpc) is 2.36. The lowest BCUT2D eigenvalue weighted by molar-refractivity contribution is -0.115. The molecule has 6 heteroatoms. The Morgan fingerprint density at radius 1 is 1.32 bits per heavy atom. The molecule has 3 nitrogen and oxygen atoms in total. The SMILES string of the molecule is O=C(Cc1ccc(Cl)cc1Cl)Nc1ccncc1F. The van der Waals surface area contributed by atoms with E-state index in [1.165, 1.54) is 12.3 Å². The maximum absolute atomic E-state index is 13.3. The highest BCUT2D eigenvalue weighted by molar-refractivity contribution is 6.35. The lowest BCUT2D eigenvalue weighted by Gasteiger charge is -2.07. The molecule has 1 N–H and O–H groups in total. The second kappa shape index (κ2) is 5.99. The minimum absolute atomic E-state index is 0.0394. The summed E-state index contributed by atoms with van der Waals surface area (Å²) in [5.41, 5.74) is 0.711. The molecule has 2 rings (SSSR count). The molecule has 1 aromatic heterocycles. The molecule has 1 amide bonds. The zero-order valence-corrected chi connectivity index (χ0v) is 11.2. The predicted octanol–water partition coefficient (Wildman–Crippen LogP) is 3.71. The van der Waals surface area contributed by atoms with E-state index < -0.39 is 5.82 Å². The summed E-state index contributed by atoms with van der Waals surface area (Å²) in [6, 6.07) is 6.24. The normalized spacial score (nSPS) is 10.3. The van der Waals surface area contributed by atoms with E-state index in [0.29, 0.717) is 15.6 Å². The van der Waals surface area contributed by atoms with Crippen molar-refractivity contribution in [2.24, 2.45) is 0 Å². The third-order valence-electron chi connectivity index (χ3n) is 2.41. The third-order valence-corrected chi connectivity index (χ3v) is 3.00. The quantitative estimate of drug-likeness (QED) is 0.938. The zero-order chi connectivity index (χ0) is 13.8. The largest absolute Gasteiger partial charge is 0.323 e. The number of aromatic nitrogens is 1. The van der Waals surface area contributed by atoms with Crippen LogP contribution in [0, 0.1) is 5.82 Å². The molecule has 98 valence electrons. The van der Waals surface area contributed by atoms with E-state index in [2.05, 4.69) is 10.3 Å². The first-order chi connectivity index (χ1) is 9.06. The summed E-state index contributed by atoms with van der Waals surface area (Å²) in [5, 5.41) is 3.35. The maximum atomic E-state index is 13.3. The van der Waals surface area contributed by atoms with Gasteiger partial charge in [-0.15, -0.1) is 0 Å². The van der Waals surface area contributed by atoms with E-state index in [4.69, 9.17) is 23.2 Å². The summed E-state index contributed by atoms with van der Waals surface area (Å²) in [5.74, 6) is -0.952. The minimum atomic E-state index is -0.585. The van der Waals surface area contributed by atoms with Gasteiger partial charge in [-0.25, -0.2) is 4.39 Å². The van der Waals surface area contributed by atoms with Gasteiger partial charge < -0.3 is 5.32 Å². The lowest BCUT2D eigenvalue weighted by atomic mass is 10.1. The molecule has 19 heavy (non-hydrogen) atoms. The van der Waals surface area contributed by atoms with E-state index >= 15 is 0 Å². The van der Waals surface area contributed by atoms with Crippen LogP contribution < -0.4 is 5.32 Å². The molecule has 0 radical (unpaired) electrons. The topological polar surface area (TPSA) is 42.0 Å². The molecule has 0 spiro atoms. The van der Waals surface area contributed by atoms with Gasteiger partial charge in [-0.05, 0) is 23.8 Å². The highest BCUT2D eigenvalue weighted by atomic mass is 35.5. The van der Waals surface area contributed by atoms with Crippen molar-refractivity contribution in [1.29, 1.82) is 0 Å². The molecule has 0 aliphatic heterocycles. The van der Waals surface area contributed by atoms with Gasteiger partial charge in [0.05, 0.1) is 18.3 Å². The predicted molar refractivity (Wildman–Crippen MR) is 73.0 cm³/mol. The molecular formula is C13H9Cl2FN2O. The number of hydrogen-bond acceptors (Lipinski definition) is 2. The van der Waals surface area contributed by atoms with Crippen LogP contribution in [0.5, 0.6) is 0 Å². The van der Waals surface area contributed by atoms with E-state index in [1.807, 2.05) is 0 Å². The van der Waals surface area contributed by atoms with Crippen molar-refractivity contribution < 1.29 is 9.18 Å². The van der Waals surface area contributed by atoms with Gasteiger partial charge in [0.15, 0.2) is 5.82 Å². The summed E-state index contributed by atoms with van der Waals surface area (Å²) in [6.07, 6.45) is 2.47. The number of carbonyl (C=O) groups is 1. The van der Waals surface area contributed by atoms with Crippen LogP contribution in [0.4, 0.5) is 10.1 Å². The molecule has 1 aromatic carbocycles. The maximum Gasteiger partial charge on any atom is 0.228 e. The van der Waals surface area contributed by atoms with Gasteiger partial charge in [0.2, 0.25) is 5.91 Å². The van der Waals surface area contributed by atoms with Crippen molar-refractivity contribution in [3.8, 4) is 0 Å². The van der Waals surface area contributed by atoms with Crippen LogP contribution in [0.1, 0.15) is 5.56 Å². The van der Waals surface area contributed by atoms with E-state index in [9.17, 15) is 9.18 Å². The summed E-state index contributed by atoms with van der Waals surface area (Å²) in [7, 11) is 0. The second-order valence-corrected chi connectivity index (χ2v) is 4.66. The van der Waals surface area contributed by atoms with Crippen LogP contribution in [-0.2, 0) is 11.2 Å². The molecule has 1 heterocycles. The van der Waals surface area contributed by atoms with Crippen LogP contribution in [0.25, 0.3) is 0 Å². The van der Waals surface area contributed by atoms with Crippen LogP contribution in [-0.4, -0.2) is 10.9 Å². The van der Waals surface area contributed by atoms with Crippen molar-refractivity contribution in [3.05, 3.63) is 58.1 Å². The van der Waals surface area contributed by atoms with Crippen molar-refractivity contribution in [2.75, 3.05) is 5.32 Å². The number of hydrogen-bond donors (Lipinski definition) is 1. The number of amides is 1. The van der Waals surface area contributed by atoms with Crippen LogP contribution in [0.3, 0.4) is 0 Å². The second-order valence-electron chi connectivity index (χ2n) is 3.82. The van der Waals surface area contributed by atoms with Gasteiger partial charge >= 0.3 is 0 Å². The summed E-state index contributed by atoms with van der Waals surface area (Å²) >= 11 is 11.7. The Morgan fingerprint density at radius 3 is 2.79 bits per heavy atom. The number of benzene rings is 1. The number of nitrogens with one attached hydrogen (secondary N) is 1.